The largest absolute Gasteiger partial charge is 0.306 e. The van der Waals surface area contributed by atoms with Crippen molar-refractivity contribution in [1.29, 1.82) is 0 Å². The highest BCUT2D eigenvalue weighted by molar-refractivity contribution is 7.89. The predicted octanol–water partition coefficient (Wildman–Crippen LogP) is 2.61. The van der Waals surface area contributed by atoms with E-state index >= 15 is 0 Å². The number of benzene rings is 2. The lowest BCUT2D eigenvalue weighted by Crippen LogP contribution is -2.59. The van der Waals surface area contributed by atoms with E-state index in [0.29, 0.717) is 18.0 Å². The average Bonchev–Trinajstić information content (AvgIpc) is 2.76. The van der Waals surface area contributed by atoms with E-state index in [1.165, 1.54) is 5.56 Å². The molecule has 0 spiro atoms. The number of rotatable bonds is 4. The third kappa shape index (κ3) is 3.62. The van der Waals surface area contributed by atoms with E-state index in [1.807, 2.05) is 6.07 Å². The quantitative estimate of drug-likeness (QED) is 0.793. The molecule has 6 heteroatoms. The number of likely N-dealkylation sites (tertiary alicyclic amines) is 1. The molecule has 4 rings (SSSR count). The van der Waals surface area contributed by atoms with Crippen LogP contribution in [0.2, 0.25) is 0 Å². The maximum Gasteiger partial charge on any atom is 0.243 e. The molecule has 2 heterocycles. The fourth-order valence-electron chi connectivity index (χ4n) is 4.62. The van der Waals surface area contributed by atoms with Crippen LogP contribution in [-0.4, -0.2) is 68.8 Å². The highest BCUT2D eigenvalue weighted by atomic mass is 32.2. The van der Waals surface area contributed by atoms with Crippen LogP contribution in [0.1, 0.15) is 18.4 Å². The highest BCUT2D eigenvalue weighted by Gasteiger charge is 2.43. The molecule has 5 nitrogen and oxygen atoms in total. The summed E-state index contributed by atoms with van der Waals surface area (Å²) in [5, 5.41) is 0. The van der Waals surface area contributed by atoms with Gasteiger partial charge in [-0.15, -0.1) is 0 Å². The Bertz CT molecular complexity index is 871. The normalized spacial score (nSPS) is 22.2. The molecule has 0 radical (unpaired) electrons. The molecule has 28 heavy (non-hydrogen) atoms. The Morgan fingerprint density at radius 1 is 0.750 bits per heavy atom. The molecule has 2 aromatic carbocycles. The fraction of sp³-hybridized carbons (Fsp3) is 0.455. The maximum absolute atomic E-state index is 13.0. The molecule has 2 saturated heterocycles. The van der Waals surface area contributed by atoms with Crippen LogP contribution >= 0.6 is 0 Å². The van der Waals surface area contributed by atoms with Gasteiger partial charge in [-0.3, -0.25) is 4.90 Å². The predicted molar refractivity (Wildman–Crippen MR) is 112 cm³/mol. The van der Waals surface area contributed by atoms with Gasteiger partial charge in [0.25, 0.3) is 0 Å². The van der Waals surface area contributed by atoms with Crippen LogP contribution in [0.25, 0.3) is 0 Å². The molecule has 2 aromatic rings. The van der Waals surface area contributed by atoms with Crippen molar-refractivity contribution in [1.82, 2.24) is 14.1 Å². The second-order valence-electron chi connectivity index (χ2n) is 7.91. The zero-order valence-corrected chi connectivity index (χ0v) is 17.3. The molecule has 0 atom stereocenters. The lowest BCUT2D eigenvalue weighted by molar-refractivity contribution is 0.00333. The van der Waals surface area contributed by atoms with Crippen molar-refractivity contribution in [2.45, 2.75) is 23.3 Å². The van der Waals surface area contributed by atoms with Gasteiger partial charge in [-0.2, -0.15) is 4.31 Å². The van der Waals surface area contributed by atoms with E-state index in [4.69, 9.17) is 0 Å². The summed E-state index contributed by atoms with van der Waals surface area (Å²) in [4.78, 5) is 5.31. The van der Waals surface area contributed by atoms with E-state index in [9.17, 15) is 8.42 Å². The third-order valence-corrected chi connectivity index (χ3v) is 8.26. The highest BCUT2D eigenvalue weighted by Crippen LogP contribution is 2.39. The van der Waals surface area contributed by atoms with Crippen LogP contribution in [0.4, 0.5) is 0 Å². The third-order valence-electron chi connectivity index (χ3n) is 6.35. The van der Waals surface area contributed by atoms with Gasteiger partial charge in [-0.25, -0.2) is 8.42 Å². The summed E-state index contributed by atoms with van der Waals surface area (Å²) in [5.41, 5.74) is 1.37. The summed E-state index contributed by atoms with van der Waals surface area (Å²) in [7, 11) is -1.23. The van der Waals surface area contributed by atoms with Crippen molar-refractivity contribution in [3.8, 4) is 0 Å². The molecule has 0 unspecified atom stereocenters. The Kier molecular flexibility index (Phi) is 5.56. The molecule has 2 aliphatic heterocycles. The van der Waals surface area contributed by atoms with Crippen molar-refractivity contribution >= 4 is 10.0 Å². The summed E-state index contributed by atoms with van der Waals surface area (Å²) >= 11 is 0. The monoisotopic (exact) mass is 399 g/mol. The van der Waals surface area contributed by atoms with Crippen molar-refractivity contribution in [3.05, 3.63) is 66.2 Å². The molecule has 0 bridgehead atoms. The van der Waals surface area contributed by atoms with E-state index in [2.05, 4.69) is 47.2 Å². The van der Waals surface area contributed by atoms with Crippen LogP contribution in [0, 0.1) is 0 Å². The Labute approximate surface area is 168 Å². The lowest BCUT2D eigenvalue weighted by Gasteiger charge is -2.51. The van der Waals surface area contributed by atoms with E-state index < -0.39 is 10.0 Å². The lowest BCUT2D eigenvalue weighted by atomic mass is 9.79. The van der Waals surface area contributed by atoms with Gasteiger partial charge >= 0.3 is 0 Å². The van der Waals surface area contributed by atoms with Gasteiger partial charge < -0.3 is 4.90 Å². The Morgan fingerprint density at radius 3 is 1.86 bits per heavy atom. The van der Waals surface area contributed by atoms with Crippen molar-refractivity contribution in [2.75, 3.05) is 46.3 Å². The molecule has 0 saturated carbocycles. The summed E-state index contributed by atoms with van der Waals surface area (Å²) in [6.07, 6.45) is 2.16. The fourth-order valence-corrected chi connectivity index (χ4v) is 6.07. The van der Waals surface area contributed by atoms with Gasteiger partial charge in [0, 0.05) is 31.7 Å². The Morgan fingerprint density at radius 2 is 1.29 bits per heavy atom. The molecular formula is C22H29N3O2S. The summed E-state index contributed by atoms with van der Waals surface area (Å²) in [6, 6.07) is 19.6. The summed E-state index contributed by atoms with van der Waals surface area (Å²) in [6.45, 7) is 4.76. The first kappa shape index (κ1) is 19.6. The molecule has 0 aliphatic carbocycles. The molecule has 2 aliphatic rings. The molecule has 2 fully saturated rings. The first-order valence-electron chi connectivity index (χ1n) is 10.1. The minimum atomic E-state index is -3.41. The van der Waals surface area contributed by atoms with E-state index in [-0.39, 0.29) is 5.54 Å². The first-order chi connectivity index (χ1) is 13.5. The SMILES string of the molecule is CN1CCC(c2ccccc2)(N2CCN(S(=O)(=O)c3ccccc3)CC2)CC1. The average molecular weight is 400 g/mol. The second kappa shape index (κ2) is 7.95. The van der Waals surface area contributed by atoms with Crippen molar-refractivity contribution in [2.24, 2.45) is 0 Å². The minimum absolute atomic E-state index is 0.0103. The number of sulfonamides is 1. The number of hydrogen-bond acceptors (Lipinski definition) is 4. The van der Waals surface area contributed by atoms with E-state index in [1.54, 1.807) is 28.6 Å². The van der Waals surface area contributed by atoms with E-state index in [0.717, 1.165) is 39.0 Å². The van der Waals surface area contributed by atoms with Crippen LogP contribution in [0.15, 0.2) is 65.6 Å². The standard InChI is InChI=1S/C22H29N3O2S/c1-23-14-12-22(13-15-23,20-8-4-2-5-9-20)24-16-18-25(19-17-24)28(26,27)21-10-6-3-7-11-21/h2-11H,12-19H2,1H3. The topological polar surface area (TPSA) is 43.9 Å². The zero-order chi connectivity index (χ0) is 19.6. The smallest absolute Gasteiger partial charge is 0.243 e. The molecule has 0 amide bonds. The Balaban J connectivity index is 1.54. The van der Waals surface area contributed by atoms with Crippen LogP contribution in [0.5, 0.6) is 0 Å². The summed E-state index contributed by atoms with van der Waals surface area (Å²) < 4.78 is 27.6. The van der Waals surface area contributed by atoms with Gasteiger partial charge in [0.15, 0.2) is 0 Å². The van der Waals surface area contributed by atoms with Crippen LogP contribution in [-0.2, 0) is 15.6 Å². The first-order valence-corrected chi connectivity index (χ1v) is 11.5. The maximum atomic E-state index is 13.0. The summed E-state index contributed by atoms with van der Waals surface area (Å²) in [5.74, 6) is 0. The zero-order valence-electron chi connectivity index (χ0n) is 16.5. The van der Waals surface area contributed by atoms with Gasteiger partial charge in [0.05, 0.1) is 4.90 Å². The Hall–Kier alpha value is -1.73. The van der Waals surface area contributed by atoms with Gasteiger partial charge in [-0.1, -0.05) is 48.5 Å². The van der Waals surface area contributed by atoms with Crippen molar-refractivity contribution < 1.29 is 8.42 Å². The number of hydrogen-bond donors (Lipinski definition) is 0. The molecular weight excluding hydrogens is 370 g/mol. The van der Waals surface area contributed by atoms with Crippen LogP contribution in [0.3, 0.4) is 0 Å². The number of nitrogens with zero attached hydrogens (tertiary/aromatic N) is 3. The minimum Gasteiger partial charge on any atom is -0.306 e. The van der Waals surface area contributed by atoms with Gasteiger partial charge in [0.2, 0.25) is 10.0 Å². The second-order valence-corrected chi connectivity index (χ2v) is 9.84. The molecule has 0 N–H and O–H groups in total. The molecule has 150 valence electrons. The number of piperazine rings is 1. The number of piperidine rings is 1. The van der Waals surface area contributed by atoms with Gasteiger partial charge in [0.1, 0.15) is 0 Å². The van der Waals surface area contributed by atoms with Crippen molar-refractivity contribution in [3.63, 3.8) is 0 Å². The van der Waals surface area contributed by atoms with Crippen LogP contribution < -0.4 is 0 Å². The molecule has 0 aromatic heterocycles. The van der Waals surface area contributed by atoms with Gasteiger partial charge in [-0.05, 0) is 50.7 Å².